The van der Waals surface area contributed by atoms with Crippen LogP contribution in [-0.2, 0) is 16.0 Å². The van der Waals surface area contributed by atoms with Gasteiger partial charge >= 0.3 is 12.2 Å². The van der Waals surface area contributed by atoms with E-state index in [1.54, 1.807) is 11.0 Å². The van der Waals surface area contributed by atoms with Crippen LogP contribution in [0.4, 0.5) is 18.0 Å². The second kappa shape index (κ2) is 8.30. The second-order valence-corrected chi connectivity index (χ2v) is 7.11. The Kier molecular flexibility index (Phi) is 5.99. The van der Waals surface area contributed by atoms with Gasteiger partial charge in [0, 0.05) is 24.7 Å². The summed E-state index contributed by atoms with van der Waals surface area (Å²) in [6, 6.07) is 5.95. The molecular weight excluding hydrogens is 391 g/mol. The van der Waals surface area contributed by atoms with Crippen LogP contribution < -0.4 is 4.74 Å². The molecule has 29 heavy (non-hydrogen) atoms. The van der Waals surface area contributed by atoms with Gasteiger partial charge in [-0.15, -0.1) is 0 Å². The van der Waals surface area contributed by atoms with Gasteiger partial charge < -0.3 is 14.5 Å². The molecule has 0 radical (unpaired) electrons. The molecule has 1 aromatic rings. The molecule has 158 valence electrons. The molecule has 0 aromatic heterocycles. The first-order valence-corrected chi connectivity index (χ1v) is 9.27. The summed E-state index contributed by atoms with van der Waals surface area (Å²) in [4.78, 5) is 39.8. The van der Waals surface area contributed by atoms with Crippen LogP contribution in [0, 0.1) is 0 Å². The van der Waals surface area contributed by atoms with Gasteiger partial charge in [0.25, 0.3) is 5.91 Å². The molecule has 2 aliphatic rings. The summed E-state index contributed by atoms with van der Waals surface area (Å²) < 4.78 is 43.0. The van der Waals surface area contributed by atoms with Crippen molar-refractivity contribution in [3.05, 3.63) is 29.8 Å². The fourth-order valence-electron chi connectivity index (χ4n) is 3.73. The largest absolute Gasteiger partial charge is 0.496 e. The number of halogens is 3. The average molecular weight is 413 g/mol. The van der Waals surface area contributed by atoms with Crippen LogP contribution in [0.5, 0.6) is 5.75 Å². The number of urea groups is 1. The number of likely N-dealkylation sites (tertiary alicyclic amines) is 1. The van der Waals surface area contributed by atoms with E-state index in [1.807, 2.05) is 18.2 Å². The number of carbonyl (C=O) groups is 3. The van der Waals surface area contributed by atoms with Crippen molar-refractivity contribution in [2.24, 2.45) is 0 Å². The maximum absolute atomic E-state index is 12.6. The molecule has 2 fully saturated rings. The molecule has 0 bridgehead atoms. The van der Waals surface area contributed by atoms with Gasteiger partial charge in [0.15, 0.2) is 0 Å². The van der Waals surface area contributed by atoms with E-state index in [9.17, 15) is 27.6 Å². The van der Waals surface area contributed by atoms with Crippen LogP contribution in [0.3, 0.4) is 0 Å². The van der Waals surface area contributed by atoms with Crippen LogP contribution in [0.2, 0.25) is 0 Å². The van der Waals surface area contributed by atoms with E-state index in [2.05, 4.69) is 0 Å². The second-order valence-electron chi connectivity index (χ2n) is 7.11. The third-order valence-corrected chi connectivity index (χ3v) is 5.21. The molecule has 1 aromatic carbocycles. The van der Waals surface area contributed by atoms with Crippen LogP contribution in [0.15, 0.2) is 24.3 Å². The number of carbonyl (C=O) groups excluding carboxylic acids is 3. The van der Waals surface area contributed by atoms with Crippen molar-refractivity contribution in [2.75, 3.05) is 33.3 Å². The molecule has 2 saturated heterocycles. The number of amides is 4. The standard InChI is InChI=1S/C19H22F3N3O4/c1-29-15-5-3-2-4-13(15)10-16(26)23-8-6-14(7-9-23)24-11-17(27)25(18(24)28)12-19(20,21)22/h2-5,14H,6-12H2,1H3. The highest BCUT2D eigenvalue weighted by molar-refractivity contribution is 6.02. The minimum Gasteiger partial charge on any atom is -0.496 e. The minimum absolute atomic E-state index is 0.0875. The highest BCUT2D eigenvalue weighted by Crippen LogP contribution is 2.26. The fourth-order valence-corrected chi connectivity index (χ4v) is 3.73. The van der Waals surface area contributed by atoms with Crippen molar-refractivity contribution in [3.63, 3.8) is 0 Å². The van der Waals surface area contributed by atoms with E-state index in [1.165, 1.54) is 12.0 Å². The molecule has 10 heteroatoms. The van der Waals surface area contributed by atoms with Crippen LogP contribution in [0.1, 0.15) is 18.4 Å². The zero-order chi connectivity index (χ0) is 21.2. The van der Waals surface area contributed by atoms with E-state index in [0.29, 0.717) is 31.7 Å². The van der Waals surface area contributed by atoms with Gasteiger partial charge in [-0.3, -0.25) is 14.5 Å². The first-order valence-electron chi connectivity index (χ1n) is 9.27. The number of hydrogen-bond acceptors (Lipinski definition) is 4. The lowest BCUT2D eigenvalue weighted by Gasteiger charge is -2.36. The van der Waals surface area contributed by atoms with Crippen molar-refractivity contribution in [2.45, 2.75) is 31.5 Å². The molecule has 4 amide bonds. The zero-order valence-corrected chi connectivity index (χ0v) is 15.9. The summed E-state index contributed by atoms with van der Waals surface area (Å²) >= 11 is 0. The predicted molar refractivity (Wildman–Crippen MR) is 96.2 cm³/mol. The maximum Gasteiger partial charge on any atom is 0.406 e. The number of para-hydroxylation sites is 1. The van der Waals surface area contributed by atoms with E-state index in [-0.39, 0.29) is 29.8 Å². The lowest BCUT2D eigenvalue weighted by Crippen LogP contribution is -2.48. The summed E-state index contributed by atoms with van der Waals surface area (Å²) in [5, 5.41) is 0. The monoisotopic (exact) mass is 413 g/mol. The van der Waals surface area contributed by atoms with Gasteiger partial charge in [-0.05, 0) is 18.9 Å². The number of ether oxygens (including phenoxy) is 1. The van der Waals surface area contributed by atoms with E-state index in [4.69, 9.17) is 4.74 Å². The average Bonchev–Trinajstić information content (AvgIpc) is 2.95. The fraction of sp³-hybridized carbons (Fsp3) is 0.526. The Morgan fingerprint density at radius 2 is 1.83 bits per heavy atom. The first-order chi connectivity index (χ1) is 13.7. The van der Waals surface area contributed by atoms with Crippen LogP contribution in [-0.4, -0.2) is 78.1 Å². The van der Waals surface area contributed by atoms with Crippen molar-refractivity contribution in [1.82, 2.24) is 14.7 Å². The molecule has 2 heterocycles. The molecule has 3 rings (SSSR count). The van der Waals surface area contributed by atoms with Gasteiger partial charge in [-0.25, -0.2) is 4.79 Å². The number of piperidine rings is 1. The first kappa shape index (κ1) is 20.9. The number of hydrogen-bond donors (Lipinski definition) is 0. The molecule has 0 aliphatic carbocycles. The topological polar surface area (TPSA) is 70.2 Å². The molecule has 0 saturated carbocycles. The molecule has 0 N–H and O–H groups in total. The van der Waals surface area contributed by atoms with Crippen molar-refractivity contribution < 1.29 is 32.3 Å². The smallest absolute Gasteiger partial charge is 0.406 e. The number of nitrogens with zero attached hydrogens (tertiary/aromatic N) is 3. The Hall–Kier alpha value is -2.78. The number of imide groups is 1. The van der Waals surface area contributed by atoms with Crippen LogP contribution >= 0.6 is 0 Å². The van der Waals surface area contributed by atoms with E-state index in [0.717, 1.165) is 5.56 Å². The number of benzene rings is 1. The Morgan fingerprint density at radius 1 is 1.17 bits per heavy atom. The highest BCUT2D eigenvalue weighted by Gasteiger charge is 2.45. The predicted octanol–water partition coefficient (Wildman–Crippen LogP) is 2.06. The number of methoxy groups -OCH3 is 1. The number of alkyl halides is 3. The summed E-state index contributed by atoms with van der Waals surface area (Å²) in [6.07, 6.45) is -3.63. The molecule has 0 spiro atoms. The normalized spacial score (nSPS) is 18.6. The van der Waals surface area contributed by atoms with Gasteiger partial charge in [-0.2, -0.15) is 13.2 Å². The van der Waals surface area contributed by atoms with Crippen molar-refractivity contribution >= 4 is 17.8 Å². The minimum atomic E-state index is -4.63. The Labute approximate surface area is 166 Å². The summed E-state index contributed by atoms with van der Waals surface area (Å²) in [6.45, 7) is -1.18. The van der Waals surface area contributed by atoms with Gasteiger partial charge in [0.05, 0.1) is 13.5 Å². The zero-order valence-electron chi connectivity index (χ0n) is 15.9. The summed E-state index contributed by atoms with van der Waals surface area (Å²) in [7, 11) is 1.53. The number of rotatable bonds is 5. The van der Waals surface area contributed by atoms with Crippen molar-refractivity contribution in [3.8, 4) is 5.75 Å². The van der Waals surface area contributed by atoms with Gasteiger partial charge in [-0.1, -0.05) is 18.2 Å². The summed E-state index contributed by atoms with van der Waals surface area (Å²) in [5.74, 6) is -0.306. The maximum atomic E-state index is 12.6. The lowest BCUT2D eigenvalue weighted by atomic mass is 10.0. The van der Waals surface area contributed by atoms with Crippen molar-refractivity contribution in [1.29, 1.82) is 0 Å². The third kappa shape index (κ3) is 4.80. The Balaban J connectivity index is 1.56. The molecule has 7 nitrogen and oxygen atoms in total. The lowest BCUT2D eigenvalue weighted by molar-refractivity contribution is -0.151. The van der Waals surface area contributed by atoms with Crippen LogP contribution in [0.25, 0.3) is 0 Å². The Morgan fingerprint density at radius 3 is 2.45 bits per heavy atom. The quantitative estimate of drug-likeness (QED) is 0.693. The third-order valence-electron chi connectivity index (χ3n) is 5.21. The van der Waals surface area contributed by atoms with E-state index < -0.39 is 24.7 Å². The summed E-state index contributed by atoms with van der Waals surface area (Å²) in [5.41, 5.74) is 0.769. The molecular formula is C19H22F3N3O4. The molecule has 0 atom stereocenters. The van der Waals surface area contributed by atoms with Gasteiger partial charge in [0.1, 0.15) is 18.8 Å². The SMILES string of the molecule is COc1ccccc1CC(=O)N1CCC(N2CC(=O)N(CC(F)(F)F)C2=O)CC1. The van der Waals surface area contributed by atoms with E-state index >= 15 is 0 Å². The molecule has 2 aliphatic heterocycles. The highest BCUT2D eigenvalue weighted by atomic mass is 19.4. The van der Waals surface area contributed by atoms with Gasteiger partial charge in [0.2, 0.25) is 5.91 Å². The molecule has 0 unspecified atom stereocenters. The Bertz CT molecular complexity index is 791.